The van der Waals surface area contributed by atoms with Gasteiger partial charge in [-0.15, -0.1) is 0 Å². The highest BCUT2D eigenvalue weighted by atomic mass is 32.2. The van der Waals surface area contributed by atoms with Gasteiger partial charge in [-0.05, 0) is 19.9 Å². The molecule has 0 aromatic rings. The third kappa shape index (κ3) is 9.08. The molecule has 0 radical (unpaired) electrons. The van der Waals surface area contributed by atoms with Gasteiger partial charge in [-0.25, -0.2) is 0 Å². The highest BCUT2D eigenvalue weighted by molar-refractivity contribution is 8.14. The fraction of sp³-hybridized carbons (Fsp3) is 0.400. The van der Waals surface area contributed by atoms with Crippen LogP contribution in [-0.4, -0.2) is 16.7 Å². The van der Waals surface area contributed by atoms with E-state index in [1.165, 1.54) is 24.8 Å². The van der Waals surface area contributed by atoms with Crippen molar-refractivity contribution in [3.05, 3.63) is 24.3 Å². The smallest absolute Gasteiger partial charge is 0.212 e. The molecule has 0 aromatic carbocycles. The van der Waals surface area contributed by atoms with Crippen molar-refractivity contribution in [3.8, 4) is 0 Å². The van der Waals surface area contributed by atoms with Crippen LogP contribution >= 0.6 is 11.8 Å². The first-order chi connectivity index (χ1) is 6.16. The predicted octanol–water partition coefficient (Wildman–Crippen LogP) is 2.36. The summed E-state index contributed by atoms with van der Waals surface area (Å²) in [6.07, 6.45) is 7.31. The lowest BCUT2D eigenvalue weighted by Gasteiger charge is -1.92. The van der Waals surface area contributed by atoms with Gasteiger partial charge in [0.1, 0.15) is 5.78 Å². The van der Waals surface area contributed by atoms with E-state index in [0.29, 0.717) is 12.2 Å². The first-order valence-corrected chi connectivity index (χ1v) is 5.11. The standard InChI is InChI=1S/C10H14O2S/c1-3-4-5-6-10(12)13-8-7-9(2)11/h3-6H,7-8H2,1-2H3/b4-3+,6-5+. The van der Waals surface area contributed by atoms with E-state index >= 15 is 0 Å². The molecule has 13 heavy (non-hydrogen) atoms. The summed E-state index contributed by atoms with van der Waals surface area (Å²) in [7, 11) is 0. The molecule has 0 aliphatic rings. The van der Waals surface area contributed by atoms with Crippen LogP contribution in [-0.2, 0) is 9.59 Å². The van der Waals surface area contributed by atoms with Gasteiger partial charge in [-0.3, -0.25) is 9.59 Å². The SMILES string of the molecule is C/C=C/C=C/C(=O)SCCC(C)=O. The lowest BCUT2D eigenvalue weighted by atomic mass is 10.4. The predicted molar refractivity (Wildman–Crippen MR) is 56.7 cm³/mol. The molecule has 3 heteroatoms. The second kappa shape index (κ2) is 7.80. The van der Waals surface area contributed by atoms with Crippen LogP contribution in [0.2, 0.25) is 0 Å². The second-order valence-corrected chi connectivity index (χ2v) is 3.60. The molecule has 0 spiro atoms. The quantitative estimate of drug-likeness (QED) is 0.502. The van der Waals surface area contributed by atoms with Crippen LogP contribution in [0, 0.1) is 0 Å². The zero-order valence-corrected chi connectivity index (χ0v) is 8.76. The number of ketones is 1. The van der Waals surface area contributed by atoms with Gasteiger partial charge in [0, 0.05) is 12.2 Å². The second-order valence-electron chi connectivity index (χ2n) is 2.50. The molecule has 0 aliphatic heterocycles. The summed E-state index contributed by atoms with van der Waals surface area (Å²) in [4.78, 5) is 21.6. The number of thioether (sulfide) groups is 1. The molecule has 0 aromatic heterocycles. The van der Waals surface area contributed by atoms with Crippen LogP contribution in [0.4, 0.5) is 0 Å². The molecule has 0 fully saturated rings. The maximum absolute atomic E-state index is 11.0. The van der Waals surface area contributed by atoms with E-state index in [1.807, 2.05) is 13.0 Å². The van der Waals surface area contributed by atoms with Crippen molar-refractivity contribution in [1.29, 1.82) is 0 Å². The van der Waals surface area contributed by atoms with Gasteiger partial charge in [0.2, 0.25) is 5.12 Å². The molecular weight excluding hydrogens is 184 g/mol. The Morgan fingerprint density at radius 1 is 1.31 bits per heavy atom. The molecule has 0 atom stereocenters. The number of rotatable bonds is 5. The van der Waals surface area contributed by atoms with Gasteiger partial charge in [0.05, 0.1) is 0 Å². The molecule has 0 rings (SSSR count). The third-order valence-corrected chi connectivity index (χ3v) is 2.06. The first kappa shape index (κ1) is 12.2. The van der Waals surface area contributed by atoms with Crippen LogP contribution in [0.15, 0.2) is 24.3 Å². The van der Waals surface area contributed by atoms with Gasteiger partial charge < -0.3 is 0 Å². The minimum atomic E-state index is -0.000602. The Morgan fingerprint density at radius 3 is 2.54 bits per heavy atom. The van der Waals surface area contributed by atoms with Crippen molar-refractivity contribution in [2.45, 2.75) is 20.3 Å². The maximum atomic E-state index is 11.0. The monoisotopic (exact) mass is 198 g/mol. The fourth-order valence-electron chi connectivity index (χ4n) is 0.589. The number of carbonyl (C=O) groups excluding carboxylic acids is 2. The van der Waals surface area contributed by atoms with Gasteiger partial charge >= 0.3 is 0 Å². The van der Waals surface area contributed by atoms with Crippen molar-refractivity contribution < 1.29 is 9.59 Å². The summed E-state index contributed by atoms with van der Waals surface area (Å²) in [6.45, 7) is 3.42. The van der Waals surface area contributed by atoms with Crippen molar-refractivity contribution in [1.82, 2.24) is 0 Å². The van der Waals surface area contributed by atoms with E-state index in [9.17, 15) is 9.59 Å². The Balaban J connectivity index is 3.57. The van der Waals surface area contributed by atoms with Gasteiger partial charge in [-0.2, -0.15) is 0 Å². The van der Waals surface area contributed by atoms with Crippen LogP contribution in [0.5, 0.6) is 0 Å². The highest BCUT2D eigenvalue weighted by Crippen LogP contribution is 2.05. The van der Waals surface area contributed by atoms with Gasteiger partial charge in [0.25, 0.3) is 0 Å². The Kier molecular flexibility index (Phi) is 7.30. The van der Waals surface area contributed by atoms with Gasteiger partial charge in [0.15, 0.2) is 0 Å². The molecular formula is C10H14O2S. The molecule has 0 aliphatic carbocycles. The third-order valence-electron chi connectivity index (χ3n) is 1.23. The van der Waals surface area contributed by atoms with Crippen molar-refractivity contribution in [2.24, 2.45) is 0 Å². The van der Waals surface area contributed by atoms with E-state index in [-0.39, 0.29) is 10.9 Å². The maximum Gasteiger partial charge on any atom is 0.212 e. The van der Waals surface area contributed by atoms with Crippen molar-refractivity contribution >= 4 is 22.7 Å². The Morgan fingerprint density at radius 2 is 2.00 bits per heavy atom. The summed E-state index contributed by atoms with van der Waals surface area (Å²) in [5, 5.41) is -0.000602. The largest absolute Gasteiger partial charge is 0.300 e. The zero-order chi connectivity index (χ0) is 10.1. The van der Waals surface area contributed by atoms with E-state index in [4.69, 9.17) is 0 Å². The number of hydrogen-bond acceptors (Lipinski definition) is 3. The van der Waals surface area contributed by atoms with Crippen molar-refractivity contribution in [2.75, 3.05) is 5.75 Å². The molecule has 0 N–H and O–H groups in total. The summed E-state index contributed by atoms with van der Waals surface area (Å²) in [5.74, 6) is 0.701. The molecule has 2 nitrogen and oxygen atoms in total. The highest BCUT2D eigenvalue weighted by Gasteiger charge is 1.98. The van der Waals surface area contributed by atoms with Crippen LogP contribution in [0.3, 0.4) is 0 Å². The topological polar surface area (TPSA) is 34.1 Å². The molecule has 72 valence electrons. The molecule has 0 heterocycles. The first-order valence-electron chi connectivity index (χ1n) is 4.12. The molecule has 0 amide bonds. The molecule has 0 saturated carbocycles. The summed E-state index contributed by atoms with van der Waals surface area (Å²) in [6, 6.07) is 0. The lowest BCUT2D eigenvalue weighted by Crippen LogP contribution is -1.94. The zero-order valence-electron chi connectivity index (χ0n) is 7.95. The molecule has 0 bridgehead atoms. The van der Waals surface area contributed by atoms with E-state index in [1.54, 1.807) is 12.2 Å². The normalized spacial score (nSPS) is 11.2. The molecule has 0 unspecified atom stereocenters. The van der Waals surface area contributed by atoms with E-state index in [0.717, 1.165) is 0 Å². The number of carbonyl (C=O) groups is 2. The number of Topliss-reactive ketones (excluding diaryl/α,β-unsaturated/α-hetero) is 1. The van der Waals surface area contributed by atoms with Crippen LogP contribution in [0.25, 0.3) is 0 Å². The number of hydrogen-bond donors (Lipinski definition) is 0. The fourth-order valence-corrected chi connectivity index (χ4v) is 1.35. The average molecular weight is 198 g/mol. The summed E-state index contributed by atoms with van der Waals surface area (Å²) in [5.41, 5.74) is 0. The Bertz CT molecular complexity index is 229. The summed E-state index contributed by atoms with van der Waals surface area (Å²) >= 11 is 1.17. The van der Waals surface area contributed by atoms with Crippen LogP contribution < -0.4 is 0 Å². The lowest BCUT2D eigenvalue weighted by molar-refractivity contribution is -0.116. The van der Waals surface area contributed by atoms with Crippen LogP contribution in [0.1, 0.15) is 20.3 Å². The summed E-state index contributed by atoms with van der Waals surface area (Å²) < 4.78 is 0. The Labute approximate surface area is 83.1 Å². The van der Waals surface area contributed by atoms with E-state index < -0.39 is 0 Å². The van der Waals surface area contributed by atoms with Gasteiger partial charge in [-0.1, -0.05) is 30.0 Å². The molecule has 0 saturated heterocycles. The minimum absolute atomic E-state index is 0.000602. The van der Waals surface area contributed by atoms with Crippen molar-refractivity contribution in [3.63, 3.8) is 0 Å². The minimum Gasteiger partial charge on any atom is -0.300 e. The average Bonchev–Trinajstić information content (AvgIpc) is 2.04. The Hall–Kier alpha value is -0.830. The van der Waals surface area contributed by atoms with E-state index in [2.05, 4.69) is 0 Å². The number of allylic oxidation sites excluding steroid dienone is 3.